The molecule has 27 heavy (non-hydrogen) atoms. The van der Waals surface area contributed by atoms with Crippen LogP contribution >= 0.6 is 34.4 Å². The van der Waals surface area contributed by atoms with E-state index in [1.807, 2.05) is 25.1 Å². The van der Waals surface area contributed by atoms with Gasteiger partial charge in [-0.25, -0.2) is 4.98 Å². The second-order valence-electron chi connectivity index (χ2n) is 5.63. The van der Waals surface area contributed by atoms with Gasteiger partial charge in [0, 0.05) is 18.4 Å². The van der Waals surface area contributed by atoms with Crippen LogP contribution in [0, 0.1) is 0 Å². The highest BCUT2D eigenvalue weighted by atomic mass is 32.2. The van der Waals surface area contributed by atoms with Gasteiger partial charge in [0.05, 0.1) is 5.69 Å². The van der Waals surface area contributed by atoms with Crippen molar-refractivity contribution in [3.8, 4) is 0 Å². The van der Waals surface area contributed by atoms with Crippen molar-refractivity contribution in [2.45, 2.75) is 30.0 Å². The molecule has 1 N–H and O–H groups in total. The van der Waals surface area contributed by atoms with Gasteiger partial charge in [0.15, 0.2) is 4.34 Å². The van der Waals surface area contributed by atoms with Gasteiger partial charge in [-0.05, 0) is 12.0 Å². The van der Waals surface area contributed by atoms with Gasteiger partial charge < -0.3 is 5.32 Å². The van der Waals surface area contributed by atoms with E-state index in [1.165, 1.54) is 50.6 Å². The molecule has 0 aliphatic carbocycles. The fourth-order valence-corrected chi connectivity index (χ4v) is 4.86. The first-order chi connectivity index (χ1) is 13.2. The van der Waals surface area contributed by atoms with E-state index in [4.69, 9.17) is 0 Å². The monoisotopic (exact) mass is 416 g/mol. The van der Waals surface area contributed by atoms with Gasteiger partial charge in [0.1, 0.15) is 5.01 Å². The predicted octanol–water partition coefficient (Wildman–Crippen LogP) is 3.47. The number of rotatable bonds is 7. The van der Waals surface area contributed by atoms with Crippen LogP contribution < -0.4 is 10.9 Å². The summed E-state index contributed by atoms with van der Waals surface area (Å²) < 4.78 is 2.21. The number of hydrogen-bond acceptors (Lipinski definition) is 9. The largest absolute Gasteiger partial charge is 0.356 e. The topological polar surface area (TPSA) is 85.1 Å². The average molecular weight is 417 g/mol. The van der Waals surface area contributed by atoms with Crippen molar-refractivity contribution in [1.82, 2.24) is 24.8 Å². The minimum absolute atomic E-state index is 0.144. The maximum atomic E-state index is 12.2. The lowest BCUT2D eigenvalue weighted by atomic mass is 10.2. The Labute approximate surface area is 167 Å². The lowest BCUT2D eigenvalue weighted by Gasteiger charge is -2.01. The minimum atomic E-state index is -0.144. The standard InChI is InChI=1S/C17H16N6OS3/c1-2-13-22-23-14(24)8-12(19-16(23)26-13)10-25-17-21-20-15(27-17)18-9-11-6-4-3-5-7-11/h3-8H,2,9-10H2,1H3,(H,18,20). The van der Waals surface area contributed by atoms with E-state index in [2.05, 4.69) is 37.7 Å². The molecule has 0 amide bonds. The Morgan fingerprint density at radius 3 is 2.85 bits per heavy atom. The summed E-state index contributed by atoms with van der Waals surface area (Å²) in [6.45, 7) is 2.72. The zero-order chi connectivity index (χ0) is 18.6. The fourth-order valence-electron chi connectivity index (χ4n) is 2.36. The molecule has 0 saturated carbocycles. The van der Waals surface area contributed by atoms with Crippen molar-refractivity contribution >= 4 is 44.5 Å². The summed E-state index contributed by atoms with van der Waals surface area (Å²) in [5.74, 6) is 0.568. The minimum Gasteiger partial charge on any atom is -0.356 e. The van der Waals surface area contributed by atoms with Crippen molar-refractivity contribution in [3.63, 3.8) is 0 Å². The third kappa shape index (κ3) is 4.34. The van der Waals surface area contributed by atoms with Gasteiger partial charge in [0.2, 0.25) is 10.1 Å². The molecule has 0 saturated heterocycles. The third-order valence-corrected chi connectivity index (χ3v) is 6.78. The Bertz CT molecular complexity index is 1100. The van der Waals surface area contributed by atoms with Crippen LogP contribution in [0.3, 0.4) is 0 Å². The van der Waals surface area contributed by atoms with Gasteiger partial charge in [-0.2, -0.15) is 9.61 Å². The van der Waals surface area contributed by atoms with Crippen molar-refractivity contribution in [2.75, 3.05) is 5.32 Å². The molecular formula is C17H16N6OS3. The molecule has 0 fully saturated rings. The molecule has 0 atom stereocenters. The van der Waals surface area contributed by atoms with E-state index in [0.717, 1.165) is 26.6 Å². The Balaban J connectivity index is 1.39. The SMILES string of the molecule is CCc1nn2c(=O)cc(CSc3nnc(NCc4ccccc4)s3)nc2s1. The van der Waals surface area contributed by atoms with Crippen molar-refractivity contribution in [3.05, 3.63) is 63.0 Å². The molecule has 7 nitrogen and oxygen atoms in total. The average Bonchev–Trinajstić information content (AvgIpc) is 3.32. The maximum Gasteiger partial charge on any atom is 0.275 e. The van der Waals surface area contributed by atoms with Crippen LogP contribution in [0.25, 0.3) is 4.96 Å². The van der Waals surface area contributed by atoms with Crippen LogP contribution in [0.4, 0.5) is 5.13 Å². The number of hydrogen-bond donors (Lipinski definition) is 1. The number of thioether (sulfide) groups is 1. The zero-order valence-corrected chi connectivity index (χ0v) is 16.9. The van der Waals surface area contributed by atoms with Crippen LogP contribution in [0.5, 0.6) is 0 Å². The first kappa shape index (κ1) is 18.1. The predicted molar refractivity (Wildman–Crippen MR) is 110 cm³/mol. The molecule has 0 unspecified atom stereocenters. The van der Waals surface area contributed by atoms with Gasteiger partial charge in [0.25, 0.3) is 5.56 Å². The summed E-state index contributed by atoms with van der Waals surface area (Å²) in [4.78, 5) is 17.4. The third-order valence-electron chi connectivity index (χ3n) is 3.68. The van der Waals surface area contributed by atoms with E-state index >= 15 is 0 Å². The molecule has 1 aromatic carbocycles. The van der Waals surface area contributed by atoms with Gasteiger partial charge in [-0.1, -0.05) is 71.7 Å². The van der Waals surface area contributed by atoms with Crippen molar-refractivity contribution in [2.24, 2.45) is 0 Å². The summed E-state index contributed by atoms with van der Waals surface area (Å²) >= 11 is 4.47. The Morgan fingerprint density at radius 2 is 2.04 bits per heavy atom. The van der Waals surface area contributed by atoms with Crippen LogP contribution in [-0.2, 0) is 18.7 Å². The first-order valence-corrected chi connectivity index (χ1v) is 11.0. The molecule has 0 aliphatic heterocycles. The summed E-state index contributed by atoms with van der Waals surface area (Å²) in [6.07, 6.45) is 0.793. The van der Waals surface area contributed by atoms with E-state index in [9.17, 15) is 4.79 Å². The van der Waals surface area contributed by atoms with E-state index in [0.29, 0.717) is 17.3 Å². The van der Waals surface area contributed by atoms with Crippen LogP contribution in [0.1, 0.15) is 23.2 Å². The summed E-state index contributed by atoms with van der Waals surface area (Å²) in [7, 11) is 0. The molecule has 0 aliphatic rings. The quantitative estimate of drug-likeness (QED) is 0.462. The van der Waals surface area contributed by atoms with Crippen LogP contribution in [0.2, 0.25) is 0 Å². The normalized spacial score (nSPS) is 11.1. The second kappa shape index (κ2) is 8.15. The van der Waals surface area contributed by atoms with Gasteiger partial charge >= 0.3 is 0 Å². The number of fused-ring (bicyclic) bond motifs is 1. The summed E-state index contributed by atoms with van der Waals surface area (Å²) in [6, 6.07) is 11.7. The molecule has 4 rings (SSSR count). The Hall–Kier alpha value is -2.30. The lowest BCUT2D eigenvalue weighted by Crippen LogP contribution is -2.15. The molecule has 3 aromatic heterocycles. The molecule has 3 heterocycles. The van der Waals surface area contributed by atoms with E-state index < -0.39 is 0 Å². The van der Waals surface area contributed by atoms with Crippen molar-refractivity contribution in [1.29, 1.82) is 0 Å². The number of aryl methyl sites for hydroxylation is 1. The molecular weight excluding hydrogens is 400 g/mol. The highest BCUT2D eigenvalue weighted by molar-refractivity contribution is 8.00. The fraction of sp³-hybridized carbons (Fsp3) is 0.235. The van der Waals surface area contributed by atoms with Crippen LogP contribution in [-0.4, -0.2) is 24.8 Å². The smallest absolute Gasteiger partial charge is 0.275 e. The maximum absolute atomic E-state index is 12.2. The highest BCUT2D eigenvalue weighted by Gasteiger charge is 2.10. The Morgan fingerprint density at radius 1 is 1.19 bits per heavy atom. The number of aromatic nitrogens is 5. The molecule has 138 valence electrons. The van der Waals surface area contributed by atoms with Crippen molar-refractivity contribution < 1.29 is 0 Å². The summed E-state index contributed by atoms with van der Waals surface area (Å²) in [5, 5.41) is 17.6. The number of nitrogens with zero attached hydrogens (tertiary/aromatic N) is 5. The van der Waals surface area contributed by atoms with E-state index in [-0.39, 0.29) is 5.56 Å². The number of benzene rings is 1. The molecule has 0 bridgehead atoms. The zero-order valence-electron chi connectivity index (χ0n) is 14.5. The highest BCUT2D eigenvalue weighted by Crippen LogP contribution is 2.28. The van der Waals surface area contributed by atoms with Crippen LogP contribution in [0.15, 0.2) is 45.5 Å². The molecule has 4 aromatic rings. The first-order valence-electron chi connectivity index (χ1n) is 8.34. The Kier molecular flexibility index (Phi) is 5.46. The van der Waals surface area contributed by atoms with Gasteiger partial charge in [-0.15, -0.1) is 10.2 Å². The molecule has 10 heteroatoms. The second-order valence-corrected chi connectivity index (χ2v) is 8.87. The number of nitrogens with one attached hydrogen (secondary N) is 1. The van der Waals surface area contributed by atoms with E-state index in [1.54, 1.807) is 0 Å². The van der Waals surface area contributed by atoms with Gasteiger partial charge in [-0.3, -0.25) is 4.79 Å². The molecule has 0 radical (unpaired) electrons. The molecule has 0 spiro atoms. The number of anilines is 1. The lowest BCUT2D eigenvalue weighted by molar-refractivity contribution is 0.852. The summed E-state index contributed by atoms with van der Waals surface area (Å²) in [5.41, 5.74) is 1.77.